The summed E-state index contributed by atoms with van der Waals surface area (Å²) in [6.45, 7) is 6.04. The van der Waals surface area contributed by atoms with Gasteiger partial charge in [0, 0.05) is 18.6 Å². The Kier molecular flexibility index (Phi) is 5.11. The summed E-state index contributed by atoms with van der Waals surface area (Å²) in [5.74, 6) is -1.17. The van der Waals surface area contributed by atoms with Crippen LogP contribution in [-0.2, 0) is 4.79 Å². The number of aliphatic carboxylic acids is 1. The number of carboxylic acids is 1. The Labute approximate surface area is 105 Å². The summed E-state index contributed by atoms with van der Waals surface area (Å²) in [6, 6.07) is 4.09. The van der Waals surface area contributed by atoms with E-state index < -0.39 is 11.8 Å². The van der Waals surface area contributed by atoms with Crippen molar-refractivity contribution >= 4 is 12.0 Å². The molecule has 1 rings (SSSR count). The fourth-order valence-electron chi connectivity index (χ4n) is 1.27. The van der Waals surface area contributed by atoms with Crippen molar-refractivity contribution < 1.29 is 19.0 Å². The first-order chi connectivity index (χ1) is 8.47. The summed E-state index contributed by atoms with van der Waals surface area (Å²) in [4.78, 5) is 10.4. The summed E-state index contributed by atoms with van der Waals surface area (Å²) in [6.07, 6.45) is 2.96. The van der Waals surface area contributed by atoms with E-state index in [1.54, 1.807) is 6.07 Å². The summed E-state index contributed by atoms with van der Waals surface area (Å²) in [5, 5.41) is 8.49. The Bertz CT molecular complexity index is 478. The van der Waals surface area contributed by atoms with Gasteiger partial charge in [-0.1, -0.05) is 5.57 Å². The monoisotopic (exact) mass is 250 g/mol. The predicted octanol–water partition coefficient (Wildman–Crippen LogP) is 3.27. The minimum Gasteiger partial charge on any atom is -0.493 e. The van der Waals surface area contributed by atoms with Crippen LogP contribution in [-0.4, -0.2) is 17.7 Å². The van der Waals surface area contributed by atoms with E-state index in [1.165, 1.54) is 18.2 Å². The predicted molar refractivity (Wildman–Crippen MR) is 68.0 cm³/mol. The maximum Gasteiger partial charge on any atom is 0.328 e. The minimum atomic E-state index is -1.08. The van der Waals surface area contributed by atoms with Gasteiger partial charge in [0.2, 0.25) is 0 Å². The smallest absolute Gasteiger partial charge is 0.328 e. The highest BCUT2D eigenvalue weighted by Crippen LogP contribution is 2.18. The maximum atomic E-state index is 13.3. The summed E-state index contributed by atoms with van der Waals surface area (Å²) >= 11 is 0. The highest BCUT2D eigenvalue weighted by molar-refractivity contribution is 5.85. The second kappa shape index (κ2) is 6.59. The van der Waals surface area contributed by atoms with Crippen LogP contribution in [0.2, 0.25) is 0 Å². The number of ether oxygens (including phenoxy) is 1. The van der Waals surface area contributed by atoms with Crippen LogP contribution in [0.3, 0.4) is 0 Å². The zero-order valence-electron chi connectivity index (χ0n) is 10.1. The number of hydrogen-bond acceptors (Lipinski definition) is 2. The second-order valence-corrected chi connectivity index (χ2v) is 3.95. The van der Waals surface area contributed by atoms with E-state index in [0.717, 1.165) is 11.6 Å². The van der Waals surface area contributed by atoms with Gasteiger partial charge in [-0.15, -0.1) is 6.58 Å². The first-order valence-corrected chi connectivity index (χ1v) is 5.46. The van der Waals surface area contributed by atoms with Crippen LogP contribution in [0.5, 0.6) is 5.75 Å². The van der Waals surface area contributed by atoms with Crippen LogP contribution in [0.25, 0.3) is 6.08 Å². The van der Waals surface area contributed by atoms with Crippen LogP contribution >= 0.6 is 0 Å². The first kappa shape index (κ1) is 14.0. The number of carbonyl (C=O) groups is 1. The topological polar surface area (TPSA) is 46.5 Å². The molecule has 0 radical (unpaired) electrons. The van der Waals surface area contributed by atoms with Crippen LogP contribution in [0.4, 0.5) is 4.39 Å². The maximum absolute atomic E-state index is 13.3. The lowest BCUT2D eigenvalue weighted by molar-refractivity contribution is -0.131. The normalized spacial score (nSPS) is 10.6. The van der Waals surface area contributed by atoms with E-state index in [4.69, 9.17) is 9.84 Å². The van der Waals surface area contributed by atoms with E-state index in [2.05, 4.69) is 6.58 Å². The third kappa shape index (κ3) is 5.30. The van der Waals surface area contributed by atoms with E-state index in [-0.39, 0.29) is 0 Å². The first-order valence-electron chi connectivity index (χ1n) is 5.46. The van der Waals surface area contributed by atoms with Gasteiger partial charge in [-0.2, -0.15) is 0 Å². The van der Waals surface area contributed by atoms with Crippen molar-refractivity contribution in [1.82, 2.24) is 0 Å². The molecule has 0 saturated carbocycles. The number of halogens is 1. The van der Waals surface area contributed by atoms with Crippen molar-refractivity contribution in [3.05, 3.63) is 47.8 Å². The Balaban J connectivity index is 2.74. The Morgan fingerprint density at radius 2 is 2.22 bits per heavy atom. The van der Waals surface area contributed by atoms with Crippen LogP contribution in [0, 0.1) is 5.82 Å². The van der Waals surface area contributed by atoms with Gasteiger partial charge in [-0.05, 0) is 30.7 Å². The minimum absolute atomic E-state index is 0.376. The largest absolute Gasteiger partial charge is 0.493 e. The van der Waals surface area contributed by atoms with Crippen molar-refractivity contribution in [2.75, 3.05) is 6.61 Å². The van der Waals surface area contributed by atoms with E-state index in [9.17, 15) is 9.18 Å². The molecule has 4 heteroatoms. The summed E-state index contributed by atoms with van der Waals surface area (Å²) in [7, 11) is 0. The van der Waals surface area contributed by atoms with Gasteiger partial charge in [-0.3, -0.25) is 0 Å². The Morgan fingerprint density at radius 1 is 1.50 bits per heavy atom. The molecule has 1 aromatic carbocycles. The third-order valence-electron chi connectivity index (χ3n) is 2.11. The highest BCUT2D eigenvalue weighted by atomic mass is 19.1. The van der Waals surface area contributed by atoms with Gasteiger partial charge in [0.1, 0.15) is 11.6 Å². The molecule has 0 aliphatic rings. The van der Waals surface area contributed by atoms with Gasteiger partial charge < -0.3 is 9.84 Å². The van der Waals surface area contributed by atoms with Crippen molar-refractivity contribution in [3.8, 4) is 5.75 Å². The summed E-state index contributed by atoms with van der Waals surface area (Å²) in [5.41, 5.74) is 1.43. The van der Waals surface area contributed by atoms with Crippen molar-refractivity contribution in [2.24, 2.45) is 0 Å². The van der Waals surface area contributed by atoms with E-state index >= 15 is 0 Å². The molecule has 1 aromatic rings. The molecule has 18 heavy (non-hydrogen) atoms. The molecule has 0 bridgehead atoms. The standard InChI is InChI=1S/C14H15FO3/c1-10(2)5-6-18-13-8-11(3-4-14(16)17)7-12(15)9-13/h3-4,7-9H,1,5-6H2,2H3,(H,16,17)/b4-3+. The van der Waals surface area contributed by atoms with Crippen molar-refractivity contribution in [1.29, 1.82) is 0 Å². The SMILES string of the molecule is C=C(C)CCOc1cc(F)cc(/C=C/C(=O)O)c1. The lowest BCUT2D eigenvalue weighted by atomic mass is 10.2. The fraction of sp³-hybridized carbons (Fsp3) is 0.214. The molecule has 3 nitrogen and oxygen atoms in total. The van der Waals surface area contributed by atoms with Crippen LogP contribution in [0.1, 0.15) is 18.9 Å². The van der Waals surface area contributed by atoms with Crippen molar-refractivity contribution in [2.45, 2.75) is 13.3 Å². The molecule has 0 unspecified atom stereocenters. The molecule has 0 aliphatic carbocycles. The van der Waals surface area contributed by atoms with Gasteiger partial charge in [0.25, 0.3) is 0 Å². The zero-order valence-corrected chi connectivity index (χ0v) is 10.1. The van der Waals surface area contributed by atoms with Crippen LogP contribution in [0.15, 0.2) is 36.4 Å². The van der Waals surface area contributed by atoms with E-state index in [0.29, 0.717) is 24.3 Å². The average Bonchev–Trinajstić information content (AvgIpc) is 2.25. The number of rotatable bonds is 6. The average molecular weight is 250 g/mol. The highest BCUT2D eigenvalue weighted by Gasteiger charge is 2.01. The molecular formula is C14H15FO3. The van der Waals surface area contributed by atoms with Gasteiger partial charge in [-0.25, -0.2) is 9.18 Å². The number of benzene rings is 1. The molecule has 0 fully saturated rings. The molecule has 1 N–H and O–H groups in total. The second-order valence-electron chi connectivity index (χ2n) is 3.95. The number of carboxylic acid groups (broad SMARTS) is 1. The van der Waals surface area contributed by atoms with E-state index in [1.807, 2.05) is 6.92 Å². The molecule has 0 aliphatic heterocycles. The number of hydrogen-bond donors (Lipinski definition) is 1. The third-order valence-corrected chi connectivity index (χ3v) is 2.11. The van der Waals surface area contributed by atoms with Gasteiger partial charge >= 0.3 is 5.97 Å². The molecule has 0 aromatic heterocycles. The quantitative estimate of drug-likeness (QED) is 0.622. The fourth-order valence-corrected chi connectivity index (χ4v) is 1.27. The van der Waals surface area contributed by atoms with Crippen LogP contribution < -0.4 is 4.74 Å². The molecule has 0 heterocycles. The molecule has 0 saturated heterocycles. The molecule has 0 atom stereocenters. The van der Waals surface area contributed by atoms with Crippen molar-refractivity contribution in [3.63, 3.8) is 0 Å². The lowest BCUT2D eigenvalue weighted by Crippen LogP contribution is -1.98. The zero-order chi connectivity index (χ0) is 13.5. The molecule has 96 valence electrons. The van der Waals surface area contributed by atoms with Gasteiger partial charge in [0.05, 0.1) is 6.61 Å². The Hall–Kier alpha value is -2.10. The molecular weight excluding hydrogens is 235 g/mol. The summed E-state index contributed by atoms with van der Waals surface area (Å²) < 4.78 is 18.6. The Morgan fingerprint density at radius 3 is 2.83 bits per heavy atom. The molecule has 0 spiro atoms. The lowest BCUT2D eigenvalue weighted by Gasteiger charge is -2.07. The van der Waals surface area contributed by atoms with Gasteiger partial charge in [0.15, 0.2) is 0 Å². The molecule has 0 amide bonds.